The Morgan fingerprint density at radius 1 is 0.519 bits per heavy atom. The molecule has 3 heterocycles. The number of para-hydroxylation sites is 3. The summed E-state index contributed by atoms with van der Waals surface area (Å²) in [6.07, 6.45) is 0. The van der Waals surface area contributed by atoms with Gasteiger partial charge in [-0.05, 0) is 112 Å². The van der Waals surface area contributed by atoms with Crippen LogP contribution in [0.25, 0.3) is 72.4 Å². The van der Waals surface area contributed by atoms with E-state index in [1.165, 1.54) is 22.1 Å². The highest BCUT2D eigenvalue weighted by Crippen LogP contribution is 2.39. The Balaban J connectivity index is 1.35. The van der Waals surface area contributed by atoms with Crippen LogP contribution in [0.15, 0.2) is 121 Å². The predicted molar refractivity (Wildman–Crippen MR) is 221 cm³/mol. The monoisotopic (exact) mass is 680 g/mol. The van der Waals surface area contributed by atoms with E-state index in [2.05, 4.69) is 193 Å². The molecule has 0 aliphatic rings. The molecule has 0 fully saturated rings. The Bertz CT molecular complexity index is 2620. The quantitative estimate of drug-likeness (QED) is 0.201. The molecule has 0 spiro atoms. The molecule has 0 saturated carbocycles. The molecule has 8 rings (SSSR count). The van der Waals surface area contributed by atoms with Crippen molar-refractivity contribution in [1.29, 1.82) is 0 Å². The average molecular weight is 681 g/mol. The van der Waals surface area contributed by atoms with Gasteiger partial charge in [0.05, 0.1) is 22.2 Å². The number of benzene rings is 5. The number of pyridine rings is 1. The average Bonchev–Trinajstić information content (AvgIpc) is 3.72. The highest BCUT2D eigenvalue weighted by atomic mass is 15.1. The van der Waals surface area contributed by atoms with Gasteiger partial charge in [-0.1, -0.05) is 105 Å². The van der Waals surface area contributed by atoms with Gasteiger partial charge >= 0.3 is 0 Å². The van der Waals surface area contributed by atoms with Gasteiger partial charge in [0.1, 0.15) is 5.82 Å². The molecular weight excluding hydrogens is 633 g/mol. The van der Waals surface area contributed by atoms with Crippen LogP contribution >= 0.6 is 0 Å². The topological polar surface area (TPSA) is 46.5 Å². The first kappa shape index (κ1) is 33.7. The molecule has 4 heteroatoms. The SMILES string of the molecule is CC(C)(C)c1cc(-c2ccc3cc(C(C)(C)C)cc(-c4cc5cc(C(C)(C)C)ccc5[nH]4)c3n2)cc(-c2nc3ccccc3n2-c2ccccc2)c1. The number of aromatic amines is 1. The number of hydrogen-bond donors (Lipinski definition) is 1. The molecule has 4 nitrogen and oxygen atoms in total. The molecule has 0 aliphatic carbocycles. The summed E-state index contributed by atoms with van der Waals surface area (Å²) >= 11 is 0. The first-order valence-corrected chi connectivity index (χ1v) is 18.4. The molecule has 3 aromatic heterocycles. The zero-order valence-electron chi connectivity index (χ0n) is 31.9. The summed E-state index contributed by atoms with van der Waals surface area (Å²) in [5.74, 6) is 0.920. The lowest BCUT2D eigenvalue weighted by atomic mass is 9.84. The second-order valence-electron chi connectivity index (χ2n) is 17.4. The molecule has 260 valence electrons. The summed E-state index contributed by atoms with van der Waals surface area (Å²) in [6, 6.07) is 44.0. The summed E-state index contributed by atoms with van der Waals surface area (Å²) in [5.41, 5.74) is 14.4. The van der Waals surface area contributed by atoms with Gasteiger partial charge in [0.25, 0.3) is 0 Å². The maximum atomic E-state index is 5.51. The third-order valence-corrected chi connectivity index (χ3v) is 10.4. The first-order chi connectivity index (χ1) is 24.6. The fourth-order valence-corrected chi connectivity index (χ4v) is 7.17. The lowest BCUT2D eigenvalue weighted by Gasteiger charge is -2.22. The first-order valence-electron chi connectivity index (χ1n) is 18.4. The third-order valence-electron chi connectivity index (χ3n) is 10.4. The van der Waals surface area contributed by atoms with Crippen molar-refractivity contribution in [2.75, 3.05) is 0 Å². The molecule has 8 aromatic rings. The molecular formula is C48H48N4. The maximum absolute atomic E-state index is 5.51. The van der Waals surface area contributed by atoms with E-state index in [9.17, 15) is 0 Å². The molecule has 52 heavy (non-hydrogen) atoms. The molecule has 5 aromatic carbocycles. The molecule has 0 bridgehead atoms. The van der Waals surface area contributed by atoms with Crippen molar-refractivity contribution in [2.45, 2.75) is 78.6 Å². The van der Waals surface area contributed by atoms with Crippen molar-refractivity contribution in [3.8, 4) is 39.6 Å². The van der Waals surface area contributed by atoms with Gasteiger partial charge in [0.2, 0.25) is 0 Å². The van der Waals surface area contributed by atoms with Gasteiger partial charge in [-0.3, -0.25) is 4.57 Å². The van der Waals surface area contributed by atoms with E-state index in [0.717, 1.165) is 67.0 Å². The molecule has 0 unspecified atom stereocenters. The molecule has 0 radical (unpaired) electrons. The minimum absolute atomic E-state index is 0.0207. The minimum Gasteiger partial charge on any atom is -0.354 e. The van der Waals surface area contributed by atoms with Crippen LogP contribution in [0.1, 0.15) is 79.0 Å². The summed E-state index contributed by atoms with van der Waals surface area (Å²) < 4.78 is 2.28. The highest BCUT2D eigenvalue weighted by molar-refractivity contribution is 5.98. The third kappa shape index (κ3) is 6.11. The molecule has 0 atom stereocenters. The summed E-state index contributed by atoms with van der Waals surface area (Å²) in [5, 5.41) is 2.36. The molecule has 0 aliphatic heterocycles. The summed E-state index contributed by atoms with van der Waals surface area (Å²) in [4.78, 5) is 14.5. The van der Waals surface area contributed by atoms with Gasteiger partial charge in [-0.2, -0.15) is 0 Å². The number of H-pyrrole nitrogens is 1. The van der Waals surface area contributed by atoms with E-state index in [1.807, 2.05) is 0 Å². The van der Waals surface area contributed by atoms with E-state index in [1.54, 1.807) is 0 Å². The van der Waals surface area contributed by atoms with Crippen molar-refractivity contribution in [1.82, 2.24) is 19.5 Å². The van der Waals surface area contributed by atoms with Crippen LogP contribution in [0.3, 0.4) is 0 Å². The van der Waals surface area contributed by atoms with Crippen LogP contribution in [-0.4, -0.2) is 19.5 Å². The Morgan fingerprint density at radius 3 is 1.90 bits per heavy atom. The predicted octanol–water partition coefficient (Wildman–Crippen LogP) is 12.9. The second-order valence-corrected chi connectivity index (χ2v) is 17.4. The second kappa shape index (κ2) is 12.1. The van der Waals surface area contributed by atoms with Gasteiger partial charge in [0.15, 0.2) is 0 Å². The lowest BCUT2D eigenvalue weighted by Crippen LogP contribution is -2.12. The van der Waals surface area contributed by atoms with Gasteiger partial charge in [-0.15, -0.1) is 0 Å². The Labute approximate surface area is 307 Å². The summed E-state index contributed by atoms with van der Waals surface area (Å²) in [7, 11) is 0. The van der Waals surface area contributed by atoms with Crippen LogP contribution in [0.2, 0.25) is 0 Å². The van der Waals surface area contributed by atoms with Crippen molar-refractivity contribution in [2.24, 2.45) is 0 Å². The van der Waals surface area contributed by atoms with E-state index >= 15 is 0 Å². The van der Waals surface area contributed by atoms with Gasteiger partial charge in [0, 0.05) is 44.4 Å². The number of fused-ring (bicyclic) bond motifs is 3. The zero-order chi connectivity index (χ0) is 36.6. The van der Waals surface area contributed by atoms with E-state index in [0.29, 0.717) is 0 Å². The van der Waals surface area contributed by atoms with Crippen molar-refractivity contribution >= 4 is 32.8 Å². The number of imidazole rings is 1. The van der Waals surface area contributed by atoms with Crippen LogP contribution < -0.4 is 0 Å². The van der Waals surface area contributed by atoms with E-state index in [-0.39, 0.29) is 16.2 Å². The largest absolute Gasteiger partial charge is 0.354 e. The number of aromatic nitrogens is 4. The molecule has 0 saturated heterocycles. The molecule has 0 amide bonds. The van der Waals surface area contributed by atoms with Crippen LogP contribution in [0.4, 0.5) is 0 Å². The van der Waals surface area contributed by atoms with Crippen LogP contribution in [0, 0.1) is 0 Å². The minimum atomic E-state index is -0.0891. The van der Waals surface area contributed by atoms with Gasteiger partial charge < -0.3 is 4.98 Å². The van der Waals surface area contributed by atoms with Crippen LogP contribution in [-0.2, 0) is 16.2 Å². The van der Waals surface area contributed by atoms with Gasteiger partial charge in [-0.25, -0.2) is 9.97 Å². The van der Waals surface area contributed by atoms with Crippen molar-refractivity contribution in [3.63, 3.8) is 0 Å². The van der Waals surface area contributed by atoms with Crippen LogP contribution in [0.5, 0.6) is 0 Å². The molecule has 1 N–H and O–H groups in total. The highest BCUT2D eigenvalue weighted by Gasteiger charge is 2.23. The summed E-state index contributed by atoms with van der Waals surface area (Å²) in [6.45, 7) is 20.5. The Morgan fingerprint density at radius 2 is 1.17 bits per heavy atom. The van der Waals surface area contributed by atoms with E-state index in [4.69, 9.17) is 9.97 Å². The number of nitrogens with zero attached hydrogens (tertiary/aromatic N) is 3. The number of nitrogens with one attached hydrogen (secondary N) is 1. The fourth-order valence-electron chi connectivity index (χ4n) is 7.17. The Kier molecular flexibility index (Phi) is 7.80. The smallest absolute Gasteiger partial charge is 0.145 e. The van der Waals surface area contributed by atoms with E-state index < -0.39 is 0 Å². The number of hydrogen-bond acceptors (Lipinski definition) is 2. The maximum Gasteiger partial charge on any atom is 0.145 e. The zero-order valence-corrected chi connectivity index (χ0v) is 31.9. The van der Waals surface area contributed by atoms with Crippen molar-refractivity contribution in [3.05, 3.63) is 138 Å². The normalized spacial score (nSPS) is 12.7. The lowest BCUT2D eigenvalue weighted by molar-refractivity contribution is 0.590. The number of rotatable bonds is 4. The van der Waals surface area contributed by atoms with Crippen molar-refractivity contribution < 1.29 is 0 Å². The fraction of sp³-hybridized carbons (Fsp3) is 0.250. The standard InChI is InChI=1S/C48H48N4/c1-46(2,3)34-20-22-39-32(25-34)28-42(49-39)38-29-36(48(7,8)9)24-30-19-21-40(50-44(30)38)31-23-33(27-35(26-31)47(4,5)6)45-51-41-17-13-14-18-43(41)52(45)37-15-11-10-12-16-37/h10-29,49H,1-9H3. The Hall–Kier alpha value is -5.48.